The zero-order chi connectivity index (χ0) is 22.3. The quantitative estimate of drug-likeness (QED) is 0.718. The second kappa shape index (κ2) is 7.48. The van der Waals surface area contributed by atoms with Gasteiger partial charge in [0.2, 0.25) is 5.91 Å². The van der Waals surface area contributed by atoms with Crippen molar-refractivity contribution in [3.63, 3.8) is 0 Å². The summed E-state index contributed by atoms with van der Waals surface area (Å²) in [5, 5.41) is 5.03. The minimum Gasteiger partial charge on any atom is -0.404 e. The number of alkyl halides is 3. The molecule has 1 aliphatic heterocycles. The lowest BCUT2D eigenvalue weighted by Crippen LogP contribution is -2.54. The molecule has 0 bridgehead atoms. The number of para-hydroxylation sites is 2. The van der Waals surface area contributed by atoms with E-state index in [1.807, 2.05) is 20.8 Å². The number of rotatable bonds is 4. The van der Waals surface area contributed by atoms with E-state index in [2.05, 4.69) is 15.4 Å². The van der Waals surface area contributed by atoms with Crippen LogP contribution in [0.1, 0.15) is 40.0 Å². The van der Waals surface area contributed by atoms with Crippen molar-refractivity contribution < 1.29 is 32.3 Å². The van der Waals surface area contributed by atoms with E-state index in [9.17, 15) is 27.6 Å². The van der Waals surface area contributed by atoms with Crippen LogP contribution in [0.2, 0.25) is 0 Å². The van der Waals surface area contributed by atoms with E-state index in [4.69, 9.17) is 0 Å². The van der Waals surface area contributed by atoms with Crippen molar-refractivity contribution in [2.24, 2.45) is 11.3 Å². The monoisotopic (exact) mass is 427 g/mol. The molecular formula is C20H24F3N3O4. The van der Waals surface area contributed by atoms with Gasteiger partial charge in [0.05, 0.1) is 5.69 Å². The Labute approximate surface area is 171 Å². The molecule has 0 aromatic heterocycles. The number of nitrogens with zero attached hydrogens (tertiary/aromatic N) is 1. The molecule has 30 heavy (non-hydrogen) atoms. The van der Waals surface area contributed by atoms with Gasteiger partial charge in [-0.25, -0.2) is 4.79 Å². The first-order valence-electron chi connectivity index (χ1n) is 9.59. The first kappa shape index (κ1) is 21.9. The van der Waals surface area contributed by atoms with Crippen LogP contribution in [0.25, 0.3) is 0 Å². The molecule has 4 amide bonds. The van der Waals surface area contributed by atoms with Gasteiger partial charge in [-0.05, 0) is 42.7 Å². The molecule has 10 heteroatoms. The predicted octanol–water partition coefficient (Wildman–Crippen LogP) is 3.66. The van der Waals surface area contributed by atoms with Gasteiger partial charge in [-0.1, -0.05) is 32.9 Å². The van der Waals surface area contributed by atoms with Crippen LogP contribution in [0.5, 0.6) is 5.75 Å². The number of imide groups is 1. The summed E-state index contributed by atoms with van der Waals surface area (Å²) in [6, 6.07) is 4.35. The number of anilines is 1. The molecule has 164 valence electrons. The number of benzene rings is 1. The number of ether oxygens (including phenoxy) is 1. The second-order valence-electron chi connectivity index (χ2n) is 8.85. The van der Waals surface area contributed by atoms with Gasteiger partial charge in [0.15, 0.2) is 5.75 Å². The number of hydrogen-bond acceptors (Lipinski definition) is 4. The molecule has 1 aromatic carbocycles. The standard InChI is InChI=1S/C20H24F3N3O4/c1-12-8-18(2,3)11-19(9-12)16(28)26(17(29)25-19)10-15(27)24-13-6-4-5-7-14(13)30-20(21,22)23/h4-7,12H,8-11H2,1-3H3,(H,24,27)(H,25,29)/t12-,19-/m1/s1. The van der Waals surface area contributed by atoms with Crippen molar-refractivity contribution in [1.82, 2.24) is 10.2 Å². The lowest BCUT2D eigenvalue weighted by atomic mass is 9.64. The molecule has 3 rings (SSSR count). The number of urea groups is 1. The third kappa shape index (κ3) is 4.68. The molecule has 1 saturated heterocycles. The summed E-state index contributed by atoms with van der Waals surface area (Å²) in [6.07, 6.45) is -3.09. The first-order valence-corrected chi connectivity index (χ1v) is 9.59. The zero-order valence-corrected chi connectivity index (χ0v) is 16.9. The van der Waals surface area contributed by atoms with E-state index in [0.29, 0.717) is 12.8 Å². The third-order valence-corrected chi connectivity index (χ3v) is 5.31. The van der Waals surface area contributed by atoms with E-state index in [0.717, 1.165) is 17.4 Å². The highest BCUT2D eigenvalue weighted by Crippen LogP contribution is 2.46. The summed E-state index contributed by atoms with van der Waals surface area (Å²) in [5.41, 5.74) is -1.43. The summed E-state index contributed by atoms with van der Waals surface area (Å²) in [6.45, 7) is 5.45. The Hall–Kier alpha value is -2.78. The molecule has 2 atom stereocenters. The molecular weight excluding hydrogens is 403 g/mol. The van der Waals surface area contributed by atoms with E-state index in [-0.39, 0.29) is 17.0 Å². The average Bonchev–Trinajstić information content (AvgIpc) is 2.77. The van der Waals surface area contributed by atoms with Crippen LogP contribution in [-0.4, -0.2) is 41.2 Å². The number of nitrogens with one attached hydrogen (secondary N) is 2. The molecule has 7 nitrogen and oxygen atoms in total. The van der Waals surface area contributed by atoms with Crippen LogP contribution in [0.4, 0.5) is 23.7 Å². The number of halogens is 3. The fraction of sp³-hybridized carbons (Fsp3) is 0.550. The molecule has 0 radical (unpaired) electrons. The Morgan fingerprint density at radius 3 is 2.57 bits per heavy atom. The van der Waals surface area contributed by atoms with Crippen LogP contribution in [0, 0.1) is 11.3 Å². The van der Waals surface area contributed by atoms with Gasteiger partial charge in [0, 0.05) is 0 Å². The Balaban J connectivity index is 1.72. The summed E-state index contributed by atoms with van der Waals surface area (Å²) >= 11 is 0. The fourth-order valence-corrected chi connectivity index (χ4v) is 4.77. The van der Waals surface area contributed by atoms with Crippen molar-refractivity contribution in [3.8, 4) is 5.75 Å². The molecule has 1 heterocycles. The van der Waals surface area contributed by atoms with Gasteiger partial charge in [0.25, 0.3) is 5.91 Å². The molecule has 1 aliphatic carbocycles. The van der Waals surface area contributed by atoms with Gasteiger partial charge in [0.1, 0.15) is 12.1 Å². The van der Waals surface area contributed by atoms with Crippen LogP contribution < -0.4 is 15.4 Å². The minimum atomic E-state index is -4.93. The SMILES string of the molecule is C[C@@H]1CC(C)(C)C[C@@]2(C1)NC(=O)N(CC(=O)Nc1ccccc1OC(F)(F)F)C2=O. The van der Waals surface area contributed by atoms with Gasteiger partial charge >= 0.3 is 12.4 Å². The molecule has 2 N–H and O–H groups in total. The molecule has 0 unspecified atom stereocenters. The molecule has 1 spiro atoms. The van der Waals surface area contributed by atoms with E-state index >= 15 is 0 Å². The largest absolute Gasteiger partial charge is 0.573 e. The van der Waals surface area contributed by atoms with E-state index in [1.54, 1.807) is 0 Å². The summed E-state index contributed by atoms with van der Waals surface area (Å²) in [5.74, 6) is -1.67. The lowest BCUT2D eigenvalue weighted by molar-refractivity contribution is -0.274. The molecule has 1 aromatic rings. The normalized spacial score (nSPS) is 25.9. The Kier molecular flexibility index (Phi) is 5.46. The number of carbonyl (C=O) groups is 3. The van der Waals surface area contributed by atoms with Crippen molar-refractivity contribution in [2.45, 2.75) is 51.9 Å². The maximum Gasteiger partial charge on any atom is 0.573 e. The molecule has 2 aliphatic rings. The van der Waals surface area contributed by atoms with Gasteiger partial charge in [-0.15, -0.1) is 13.2 Å². The topological polar surface area (TPSA) is 87.7 Å². The van der Waals surface area contributed by atoms with Crippen molar-refractivity contribution >= 4 is 23.5 Å². The van der Waals surface area contributed by atoms with Crippen molar-refractivity contribution in [2.75, 3.05) is 11.9 Å². The Morgan fingerprint density at radius 1 is 1.27 bits per heavy atom. The van der Waals surface area contributed by atoms with Crippen LogP contribution >= 0.6 is 0 Å². The van der Waals surface area contributed by atoms with E-state index < -0.39 is 42.0 Å². The van der Waals surface area contributed by atoms with Crippen molar-refractivity contribution in [1.29, 1.82) is 0 Å². The van der Waals surface area contributed by atoms with Gasteiger partial charge < -0.3 is 15.4 Å². The number of amides is 4. The summed E-state index contributed by atoms with van der Waals surface area (Å²) < 4.78 is 41.5. The highest BCUT2D eigenvalue weighted by molar-refractivity contribution is 6.10. The predicted molar refractivity (Wildman–Crippen MR) is 102 cm³/mol. The third-order valence-electron chi connectivity index (χ3n) is 5.31. The number of carbonyl (C=O) groups excluding carboxylic acids is 3. The van der Waals surface area contributed by atoms with Crippen LogP contribution in [0.3, 0.4) is 0 Å². The van der Waals surface area contributed by atoms with E-state index in [1.165, 1.54) is 18.2 Å². The highest BCUT2D eigenvalue weighted by Gasteiger charge is 2.56. The van der Waals surface area contributed by atoms with Gasteiger partial charge in [-0.3, -0.25) is 14.5 Å². The number of hydrogen-bond donors (Lipinski definition) is 2. The Morgan fingerprint density at radius 2 is 1.93 bits per heavy atom. The smallest absolute Gasteiger partial charge is 0.404 e. The Bertz CT molecular complexity index is 871. The second-order valence-corrected chi connectivity index (χ2v) is 8.85. The summed E-state index contributed by atoms with van der Waals surface area (Å²) in [4.78, 5) is 38.8. The van der Waals surface area contributed by atoms with Crippen molar-refractivity contribution in [3.05, 3.63) is 24.3 Å². The highest BCUT2D eigenvalue weighted by atomic mass is 19.4. The van der Waals surface area contributed by atoms with Crippen LogP contribution in [0.15, 0.2) is 24.3 Å². The molecule has 1 saturated carbocycles. The minimum absolute atomic E-state index is 0.160. The summed E-state index contributed by atoms with van der Waals surface area (Å²) in [7, 11) is 0. The van der Waals surface area contributed by atoms with Gasteiger partial charge in [-0.2, -0.15) is 0 Å². The maximum atomic E-state index is 13.1. The zero-order valence-electron chi connectivity index (χ0n) is 16.9. The van der Waals surface area contributed by atoms with Crippen LogP contribution in [-0.2, 0) is 9.59 Å². The maximum absolute atomic E-state index is 13.1. The lowest BCUT2D eigenvalue weighted by Gasteiger charge is -2.43. The molecule has 2 fully saturated rings. The fourth-order valence-electron chi connectivity index (χ4n) is 4.77. The first-order chi connectivity index (χ1) is 13.8. The average molecular weight is 427 g/mol.